The lowest BCUT2D eigenvalue weighted by Crippen LogP contribution is -2.56. The Kier molecular flexibility index (Phi) is 6.77. The molecular formula is C32H34FN7O2. The van der Waals surface area contributed by atoms with Crippen LogP contribution in [-0.4, -0.2) is 89.1 Å². The molecule has 4 atom stereocenters. The fourth-order valence-corrected chi connectivity index (χ4v) is 7.11. The predicted octanol–water partition coefficient (Wildman–Crippen LogP) is 4.09. The van der Waals surface area contributed by atoms with Crippen LogP contribution in [0.15, 0.2) is 37.1 Å². The summed E-state index contributed by atoms with van der Waals surface area (Å²) in [7, 11) is 2.08. The molecule has 1 amide bonds. The number of carbonyl (C=O) groups is 1. The van der Waals surface area contributed by atoms with Crippen molar-refractivity contribution in [2.75, 3.05) is 51.3 Å². The lowest BCUT2D eigenvalue weighted by molar-refractivity contribution is -0.128. The number of piperazine rings is 1. The fraction of sp³-hybridized carbons (Fsp3) is 0.469. The van der Waals surface area contributed by atoms with E-state index in [2.05, 4.69) is 39.4 Å². The van der Waals surface area contributed by atoms with Crippen LogP contribution in [0.1, 0.15) is 36.3 Å². The molecule has 0 unspecified atom stereocenters. The van der Waals surface area contributed by atoms with Crippen LogP contribution in [0, 0.1) is 18.3 Å². The molecule has 10 heteroatoms. The second-order valence-electron chi connectivity index (χ2n) is 12.0. The minimum Gasteiger partial charge on any atom is -0.462 e. The van der Waals surface area contributed by atoms with Gasteiger partial charge in [0.05, 0.1) is 5.39 Å². The van der Waals surface area contributed by atoms with E-state index in [1.807, 2.05) is 17.0 Å². The summed E-state index contributed by atoms with van der Waals surface area (Å²) in [6.45, 7) is 13.9. The normalized spacial score (nSPS) is 24.8. The van der Waals surface area contributed by atoms with Crippen molar-refractivity contribution in [3.63, 3.8) is 0 Å². The molecule has 7 rings (SSSR count). The number of likely N-dealkylation sites (N-methyl/N-ethyl adjacent to an activating group) is 1. The van der Waals surface area contributed by atoms with Crippen molar-refractivity contribution >= 4 is 22.6 Å². The fourth-order valence-electron chi connectivity index (χ4n) is 7.11. The van der Waals surface area contributed by atoms with Crippen LogP contribution in [-0.2, 0) is 11.2 Å². The number of carbonyl (C=O) groups excluding carboxylic acids is 1. The van der Waals surface area contributed by atoms with E-state index in [1.54, 1.807) is 11.1 Å². The Morgan fingerprint density at radius 2 is 2.14 bits per heavy atom. The zero-order valence-electron chi connectivity index (χ0n) is 23.8. The summed E-state index contributed by atoms with van der Waals surface area (Å²) in [4.78, 5) is 36.0. The molecule has 1 aromatic carbocycles. The average molecular weight is 568 g/mol. The zero-order valence-corrected chi connectivity index (χ0v) is 23.8. The summed E-state index contributed by atoms with van der Waals surface area (Å²) >= 11 is 0. The lowest BCUT2D eigenvalue weighted by atomic mass is 9.96. The first-order valence-corrected chi connectivity index (χ1v) is 14.8. The Morgan fingerprint density at radius 3 is 2.93 bits per heavy atom. The highest BCUT2D eigenvalue weighted by molar-refractivity contribution is 5.93. The maximum Gasteiger partial charge on any atom is 0.319 e. The molecular weight excluding hydrogens is 533 g/mol. The molecule has 2 aliphatic heterocycles. The van der Waals surface area contributed by atoms with Crippen LogP contribution in [0.25, 0.3) is 27.0 Å². The Hall–Kier alpha value is -4.10. The van der Waals surface area contributed by atoms with Crippen LogP contribution in [0.3, 0.4) is 0 Å². The second-order valence-corrected chi connectivity index (χ2v) is 12.0. The third-order valence-electron chi connectivity index (χ3n) is 9.52. The van der Waals surface area contributed by atoms with E-state index in [4.69, 9.17) is 16.3 Å². The lowest BCUT2D eigenvalue weighted by Gasteiger charge is -2.39. The van der Waals surface area contributed by atoms with Gasteiger partial charge >= 0.3 is 6.01 Å². The van der Waals surface area contributed by atoms with E-state index in [1.165, 1.54) is 23.6 Å². The van der Waals surface area contributed by atoms with E-state index in [9.17, 15) is 4.79 Å². The Balaban J connectivity index is 1.29. The molecule has 0 radical (unpaired) electrons. The van der Waals surface area contributed by atoms with Gasteiger partial charge in [0.1, 0.15) is 29.7 Å². The van der Waals surface area contributed by atoms with Crippen LogP contribution < -0.4 is 9.64 Å². The van der Waals surface area contributed by atoms with Crippen LogP contribution in [0.4, 0.5) is 10.2 Å². The molecule has 1 saturated carbocycles. The number of nitrogens with zero attached hydrogens (tertiary/aromatic N) is 7. The summed E-state index contributed by atoms with van der Waals surface area (Å²) < 4.78 is 22.7. The van der Waals surface area contributed by atoms with Gasteiger partial charge in [-0.2, -0.15) is 9.97 Å². The number of halogens is 1. The average Bonchev–Trinajstić information content (AvgIpc) is 3.50. The van der Waals surface area contributed by atoms with Gasteiger partial charge in [0.2, 0.25) is 12.5 Å². The summed E-state index contributed by atoms with van der Waals surface area (Å²) in [6.07, 6.45) is 7.26. The highest BCUT2D eigenvalue weighted by Gasteiger charge is 2.46. The smallest absolute Gasteiger partial charge is 0.319 e. The number of pyridine rings is 1. The first-order chi connectivity index (χ1) is 20.5. The summed E-state index contributed by atoms with van der Waals surface area (Å²) in [5.74, 6) is 1.09. The number of benzene rings is 1. The number of rotatable bonds is 7. The van der Waals surface area contributed by atoms with Crippen LogP contribution in [0.2, 0.25) is 0 Å². The predicted molar refractivity (Wildman–Crippen MR) is 158 cm³/mol. The molecule has 0 N–H and O–H groups in total. The van der Waals surface area contributed by atoms with Gasteiger partial charge in [-0.25, -0.2) is 11.0 Å². The number of likely N-dealkylation sites (tertiary alicyclic amines) is 1. The standard InChI is InChI=1S/C32H34FN7O2/c1-4-27(41)40-12-11-39(17-21(40)15-34-2)31-26-16-35-29(23-9-5-8-22-24-13-19(24)14-25(22)23)28(33)30(26)36-32(37-31)42-18-20-7-6-10-38(20)3/h4-5,8-9,16,19-21,24H,1,6-7,10-15,17-18H2,3H3/t19-,20+,21+,24-/m1/s1. The number of hydrogen-bond donors (Lipinski definition) is 0. The summed E-state index contributed by atoms with van der Waals surface area (Å²) in [6, 6.07) is 6.15. The molecule has 3 fully saturated rings. The van der Waals surface area contributed by atoms with Crippen LogP contribution in [0.5, 0.6) is 6.01 Å². The van der Waals surface area contributed by atoms with Gasteiger partial charge in [-0.05, 0) is 68.3 Å². The molecule has 4 aliphatic rings. The van der Waals surface area contributed by atoms with Crippen molar-refractivity contribution in [1.29, 1.82) is 0 Å². The van der Waals surface area contributed by atoms with Crippen molar-refractivity contribution in [2.45, 2.75) is 43.7 Å². The van der Waals surface area contributed by atoms with Gasteiger partial charge in [0.25, 0.3) is 0 Å². The van der Waals surface area contributed by atoms with E-state index >= 15 is 4.39 Å². The third kappa shape index (κ3) is 4.56. The largest absolute Gasteiger partial charge is 0.462 e. The molecule has 4 heterocycles. The molecule has 2 aromatic heterocycles. The van der Waals surface area contributed by atoms with Gasteiger partial charge in [0, 0.05) is 37.4 Å². The van der Waals surface area contributed by atoms with E-state index in [-0.39, 0.29) is 36.1 Å². The van der Waals surface area contributed by atoms with E-state index in [0.717, 1.165) is 31.4 Å². The number of hydrogen-bond acceptors (Lipinski definition) is 7. The number of aromatic nitrogens is 3. The minimum absolute atomic E-state index is 0.125. The van der Waals surface area contributed by atoms with Crippen molar-refractivity contribution in [3.8, 4) is 17.3 Å². The second kappa shape index (κ2) is 10.6. The molecule has 2 aliphatic carbocycles. The van der Waals surface area contributed by atoms with Gasteiger partial charge < -0.3 is 24.3 Å². The Morgan fingerprint density at radius 1 is 1.26 bits per heavy atom. The Labute approximate surface area is 244 Å². The van der Waals surface area contributed by atoms with Gasteiger partial charge in [-0.15, -0.1) is 0 Å². The van der Waals surface area contributed by atoms with Crippen molar-refractivity contribution in [2.24, 2.45) is 5.92 Å². The molecule has 2 saturated heterocycles. The highest BCUT2D eigenvalue weighted by Crippen LogP contribution is 2.57. The SMILES string of the molecule is [C-]#[N+]C[C@H]1CN(c2nc(OC[C@@H]3CCCN3C)nc3c(F)c(-c4cccc5c4C[C@H]4C[C@@H]54)ncc23)CCN1C(=O)C=C. The quantitative estimate of drug-likeness (QED) is 0.314. The number of amides is 1. The molecule has 3 aromatic rings. The molecule has 216 valence electrons. The summed E-state index contributed by atoms with van der Waals surface area (Å²) in [5, 5.41) is 0.488. The van der Waals surface area contributed by atoms with Gasteiger partial charge in [-0.1, -0.05) is 24.8 Å². The maximum atomic E-state index is 16.5. The van der Waals surface area contributed by atoms with Gasteiger partial charge in [-0.3, -0.25) is 9.78 Å². The maximum absolute atomic E-state index is 16.5. The number of ether oxygens (including phenoxy) is 1. The highest BCUT2D eigenvalue weighted by atomic mass is 19.1. The van der Waals surface area contributed by atoms with Crippen LogP contribution >= 0.6 is 0 Å². The van der Waals surface area contributed by atoms with E-state index < -0.39 is 5.82 Å². The first-order valence-electron chi connectivity index (χ1n) is 14.8. The van der Waals surface area contributed by atoms with Gasteiger partial charge in [0.15, 0.2) is 5.82 Å². The first kappa shape index (κ1) is 26.8. The van der Waals surface area contributed by atoms with Crippen molar-refractivity contribution in [1.82, 2.24) is 24.8 Å². The molecule has 0 bridgehead atoms. The topological polar surface area (TPSA) is 79.1 Å². The Bertz CT molecular complexity index is 1620. The summed E-state index contributed by atoms with van der Waals surface area (Å²) in [5.41, 5.74) is 3.84. The molecule has 42 heavy (non-hydrogen) atoms. The molecule has 0 spiro atoms. The van der Waals surface area contributed by atoms with Crippen molar-refractivity contribution in [3.05, 3.63) is 65.4 Å². The monoisotopic (exact) mass is 567 g/mol. The third-order valence-corrected chi connectivity index (χ3v) is 9.52. The minimum atomic E-state index is -0.480. The number of fused-ring (bicyclic) bond motifs is 4. The van der Waals surface area contributed by atoms with E-state index in [0.29, 0.717) is 55.0 Å². The zero-order chi connectivity index (χ0) is 29.0. The molecule has 9 nitrogen and oxygen atoms in total. The van der Waals surface area contributed by atoms with Crippen molar-refractivity contribution < 1.29 is 13.9 Å². The number of anilines is 1.